The lowest BCUT2D eigenvalue weighted by molar-refractivity contribution is 0.411. The van der Waals surface area contributed by atoms with Gasteiger partial charge in [0.15, 0.2) is 0 Å². The molecule has 0 aliphatic heterocycles. The average molecular weight is 310 g/mol. The molecule has 2 nitrogen and oxygen atoms in total. The molecule has 0 aliphatic carbocycles. The van der Waals surface area contributed by atoms with E-state index in [0.29, 0.717) is 0 Å². The van der Waals surface area contributed by atoms with E-state index in [2.05, 4.69) is 51.1 Å². The maximum absolute atomic E-state index is 5.38. The van der Waals surface area contributed by atoms with Crippen molar-refractivity contribution in [3.05, 3.63) is 59.2 Å². The van der Waals surface area contributed by atoms with Crippen molar-refractivity contribution in [3.63, 3.8) is 0 Å². The predicted molar refractivity (Wildman–Crippen MR) is 98.1 cm³/mol. The number of methoxy groups -OCH3 is 2. The zero-order chi connectivity index (χ0) is 16.8. The Balaban J connectivity index is 2.52. The van der Waals surface area contributed by atoms with Crippen LogP contribution in [0.15, 0.2) is 42.5 Å². The number of benzene rings is 2. The van der Waals surface area contributed by atoms with Crippen molar-refractivity contribution in [3.8, 4) is 11.5 Å². The number of hydrogen-bond acceptors (Lipinski definition) is 2. The molecule has 0 aromatic heterocycles. The molecule has 2 rings (SSSR count). The fourth-order valence-electron chi connectivity index (χ4n) is 3.04. The van der Waals surface area contributed by atoms with Gasteiger partial charge in [0, 0.05) is 0 Å². The van der Waals surface area contributed by atoms with Crippen LogP contribution in [0.4, 0.5) is 0 Å². The molecule has 0 saturated carbocycles. The van der Waals surface area contributed by atoms with Gasteiger partial charge in [-0.3, -0.25) is 0 Å². The van der Waals surface area contributed by atoms with Crippen LogP contribution in [0.5, 0.6) is 11.5 Å². The molecule has 0 heterocycles. The van der Waals surface area contributed by atoms with Gasteiger partial charge in [-0.2, -0.15) is 0 Å². The number of allylic oxidation sites excluding steroid dienone is 2. The maximum atomic E-state index is 5.38. The van der Waals surface area contributed by atoms with Crippen LogP contribution in [0.25, 0.3) is 11.1 Å². The van der Waals surface area contributed by atoms with E-state index in [1.165, 1.54) is 27.8 Å². The summed E-state index contributed by atoms with van der Waals surface area (Å²) < 4.78 is 10.6. The fourth-order valence-corrected chi connectivity index (χ4v) is 3.04. The molecule has 2 aromatic rings. The topological polar surface area (TPSA) is 18.5 Å². The Morgan fingerprint density at radius 3 is 1.83 bits per heavy atom. The van der Waals surface area contributed by atoms with Gasteiger partial charge in [0.05, 0.1) is 14.2 Å². The zero-order valence-corrected chi connectivity index (χ0v) is 14.8. The Morgan fingerprint density at radius 2 is 1.35 bits per heavy atom. The molecule has 0 N–H and O–H groups in total. The summed E-state index contributed by atoms with van der Waals surface area (Å²) in [5.41, 5.74) is 6.49. The summed E-state index contributed by atoms with van der Waals surface area (Å²) in [5.74, 6) is 1.83. The fraction of sp³-hybridized carbons (Fsp3) is 0.333. The van der Waals surface area contributed by atoms with Crippen LogP contribution in [0.3, 0.4) is 0 Å². The van der Waals surface area contributed by atoms with Gasteiger partial charge < -0.3 is 9.47 Å². The highest BCUT2D eigenvalue weighted by Gasteiger charge is 2.10. The van der Waals surface area contributed by atoms with Crippen LogP contribution in [0.2, 0.25) is 0 Å². The molecule has 0 saturated heterocycles. The summed E-state index contributed by atoms with van der Waals surface area (Å²) in [5, 5.41) is 0. The molecule has 0 radical (unpaired) electrons. The Kier molecular flexibility index (Phi) is 5.86. The van der Waals surface area contributed by atoms with E-state index in [-0.39, 0.29) is 0 Å². The van der Waals surface area contributed by atoms with Crippen molar-refractivity contribution in [2.24, 2.45) is 0 Å². The van der Waals surface area contributed by atoms with Crippen molar-refractivity contribution in [1.29, 1.82) is 0 Å². The lowest BCUT2D eigenvalue weighted by Crippen LogP contribution is -1.94. The quantitative estimate of drug-likeness (QED) is 0.633. The van der Waals surface area contributed by atoms with Gasteiger partial charge in [-0.1, -0.05) is 32.0 Å². The smallest absolute Gasteiger partial charge is 0.121 e. The van der Waals surface area contributed by atoms with Crippen LogP contribution >= 0.6 is 0 Å². The van der Waals surface area contributed by atoms with Gasteiger partial charge in [-0.05, 0) is 71.9 Å². The third kappa shape index (κ3) is 3.76. The first-order valence-corrected chi connectivity index (χ1v) is 8.16. The molecule has 23 heavy (non-hydrogen) atoms. The van der Waals surface area contributed by atoms with Crippen LogP contribution in [0.1, 0.15) is 43.4 Å². The van der Waals surface area contributed by atoms with Crippen molar-refractivity contribution < 1.29 is 9.47 Å². The highest BCUT2D eigenvalue weighted by Crippen LogP contribution is 2.33. The minimum Gasteiger partial charge on any atom is -0.497 e. The molecule has 0 unspecified atom stereocenters. The minimum atomic E-state index is 0.891. The summed E-state index contributed by atoms with van der Waals surface area (Å²) >= 11 is 0. The normalized spacial score (nSPS) is 11.9. The summed E-state index contributed by atoms with van der Waals surface area (Å²) in [4.78, 5) is 0. The lowest BCUT2D eigenvalue weighted by atomic mass is 9.90. The summed E-state index contributed by atoms with van der Waals surface area (Å²) in [6, 6.07) is 14.8. The van der Waals surface area contributed by atoms with Gasteiger partial charge in [0.25, 0.3) is 0 Å². The average Bonchev–Trinajstić information content (AvgIpc) is 2.59. The molecule has 2 aromatic carbocycles. The Morgan fingerprint density at radius 1 is 0.783 bits per heavy atom. The SMILES string of the molecule is CC/C(=C(/CC)c1ccc(OC)c(C)c1)c1ccc(OC)cc1. The summed E-state index contributed by atoms with van der Waals surface area (Å²) in [6.45, 7) is 6.52. The van der Waals surface area contributed by atoms with Crippen LogP contribution in [0, 0.1) is 6.92 Å². The molecule has 122 valence electrons. The number of rotatable bonds is 6. The first-order chi connectivity index (χ1) is 11.1. The molecular formula is C21H26O2. The molecule has 2 heteroatoms. The van der Waals surface area contributed by atoms with Crippen LogP contribution in [-0.2, 0) is 0 Å². The largest absolute Gasteiger partial charge is 0.497 e. The zero-order valence-electron chi connectivity index (χ0n) is 14.8. The van der Waals surface area contributed by atoms with Crippen molar-refractivity contribution >= 4 is 11.1 Å². The minimum absolute atomic E-state index is 0.891. The van der Waals surface area contributed by atoms with Gasteiger partial charge in [-0.25, -0.2) is 0 Å². The van der Waals surface area contributed by atoms with E-state index in [0.717, 1.165) is 24.3 Å². The highest BCUT2D eigenvalue weighted by atomic mass is 16.5. The summed E-state index contributed by atoms with van der Waals surface area (Å²) in [6.07, 6.45) is 2.00. The molecule has 0 atom stereocenters. The van der Waals surface area contributed by atoms with Crippen LogP contribution in [-0.4, -0.2) is 14.2 Å². The monoisotopic (exact) mass is 310 g/mol. The second-order valence-corrected chi connectivity index (χ2v) is 5.58. The standard InChI is InChI=1S/C21H26O2/c1-6-19(16-8-11-18(22-4)12-9-16)20(7-2)17-10-13-21(23-5)15(3)14-17/h8-14H,6-7H2,1-5H3/b20-19+. The van der Waals surface area contributed by atoms with Gasteiger partial charge in [0.2, 0.25) is 0 Å². The molecule has 0 aliphatic rings. The van der Waals surface area contributed by atoms with E-state index >= 15 is 0 Å². The van der Waals surface area contributed by atoms with Crippen molar-refractivity contribution in [2.45, 2.75) is 33.6 Å². The number of ether oxygens (including phenoxy) is 2. The van der Waals surface area contributed by atoms with Gasteiger partial charge in [0.1, 0.15) is 11.5 Å². The Hall–Kier alpha value is -2.22. The predicted octanol–water partition coefficient (Wildman–Crippen LogP) is 5.74. The van der Waals surface area contributed by atoms with Crippen molar-refractivity contribution in [1.82, 2.24) is 0 Å². The molecule has 0 fully saturated rings. The van der Waals surface area contributed by atoms with Crippen LogP contribution < -0.4 is 9.47 Å². The van der Waals surface area contributed by atoms with Gasteiger partial charge >= 0.3 is 0 Å². The second kappa shape index (κ2) is 7.87. The Bertz CT molecular complexity index is 681. The lowest BCUT2D eigenvalue weighted by Gasteiger charge is -2.16. The second-order valence-electron chi connectivity index (χ2n) is 5.58. The third-order valence-corrected chi connectivity index (χ3v) is 4.25. The molecule has 0 amide bonds. The summed E-state index contributed by atoms with van der Waals surface area (Å²) in [7, 11) is 3.41. The highest BCUT2D eigenvalue weighted by molar-refractivity contribution is 5.91. The molecular weight excluding hydrogens is 284 g/mol. The van der Waals surface area contributed by atoms with E-state index < -0.39 is 0 Å². The van der Waals surface area contributed by atoms with Gasteiger partial charge in [-0.15, -0.1) is 0 Å². The third-order valence-electron chi connectivity index (χ3n) is 4.25. The van der Waals surface area contributed by atoms with E-state index in [1.54, 1.807) is 14.2 Å². The van der Waals surface area contributed by atoms with E-state index in [4.69, 9.17) is 9.47 Å². The Labute approximate surface area is 139 Å². The van der Waals surface area contributed by atoms with Crippen molar-refractivity contribution in [2.75, 3.05) is 14.2 Å². The van der Waals surface area contributed by atoms with E-state index in [9.17, 15) is 0 Å². The number of hydrogen-bond donors (Lipinski definition) is 0. The first-order valence-electron chi connectivity index (χ1n) is 8.16. The molecule has 0 bridgehead atoms. The van der Waals surface area contributed by atoms with E-state index in [1.807, 2.05) is 12.1 Å². The number of aryl methyl sites for hydroxylation is 1. The molecule has 0 spiro atoms. The maximum Gasteiger partial charge on any atom is 0.121 e. The first kappa shape index (κ1) is 17.1.